The van der Waals surface area contributed by atoms with Crippen molar-refractivity contribution in [2.45, 2.75) is 0 Å². The van der Waals surface area contributed by atoms with E-state index in [4.69, 9.17) is 0 Å². The highest BCUT2D eigenvalue weighted by Gasteiger charge is 2.13. The minimum absolute atomic E-state index is 0.362. The SMILES string of the molecule is Fc1ccccc1-c1nnc(-c2ccccc2F)s1. The summed E-state index contributed by atoms with van der Waals surface area (Å²) in [6, 6.07) is 12.6. The molecule has 2 aromatic carbocycles. The molecular formula is C14H8F2N2S. The summed E-state index contributed by atoms with van der Waals surface area (Å²) >= 11 is 1.17. The molecule has 3 aromatic rings. The first-order valence-corrected chi connectivity index (χ1v) is 6.40. The van der Waals surface area contributed by atoms with Crippen LogP contribution in [0.3, 0.4) is 0 Å². The van der Waals surface area contributed by atoms with Crippen molar-refractivity contribution in [3.63, 3.8) is 0 Å². The Bertz CT molecular complexity index is 665. The molecule has 0 aliphatic carbocycles. The number of halogens is 2. The summed E-state index contributed by atoms with van der Waals surface area (Å²) in [5.41, 5.74) is 0.755. The van der Waals surface area contributed by atoms with Crippen LogP contribution in [0.4, 0.5) is 8.78 Å². The number of hydrogen-bond acceptors (Lipinski definition) is 3. The lowest BCUT2D eigenvalue weighted by Gasteiger charge is -1.97. The van der Waals surface area contributed by atoms with Crippen molar-refractivity contribution in [1.82, 2.24) is 10.2 Å². The first-order valence-electron chi connectivity index (χ1n) is 5.59. The average molecular weight is 274 g/mol. The second-order valence-corrected chi connectivity index (χ2v) is 4.85. The third kappa shape index (κ3) is 2.24. The van der Waals surface area contributed by atoms with Gasteiger partial charge in [-0.05, 0) is 24.3 Å². The fraction of sp³-hybridized carbons (Fsp3) is 0. The van der Waals surface area contributed by atoms with Gasteiger partial charge in [-0.25, -0.2) is 8.78 Å². The van der Waals surface area contributed by atoms with E-state index in [1.54, 1.807) is 36.4 Å². The third-order valence-electron chi connectivity index (χ3n) is 2.63. The maximum absolute atomic E-state index is 13.6. The molecule has 0 amide bonds. The maximum atomic E-state index is 13.6. The number of hydrogen-bond donors (Lipinski definition) is 0. The van der Waals surface area contributed by atoms with Crippen molar-refractivity contribution in [3.05, 3.63) is 60.2 Å². The second-order valence-electron chi connectivity index (χ2n) is 3.87. The normalized spacial score (nSPS) is 10.6. The predicted molar refractivity (Wildman–Crippen MR) is 70.7 cm³/mol. The predicted octanol–water partition coefficient (Wildman–Crippen LogP) is 4.15. The summed E-state index contributed by atoms with van der Waals surface area (Å²) < 4.78 is 27.3. The standard InChI is InChI=1S/C14H8F2N2S/c15-11-7-3-1-5-9(11)13-17-18-14(19-13)10-6-2-4-8-12(10)16/h1-8H. The molecule has 0 aliphatic heterocycles. The Kier molecular flexibility index (Phi) is 3.05. The molecule has 0 bridgehead atoms. The Morgan fingerprint density at radius 1 is 0.684 bits per heavy atom. The third-order valence-corrected chi connectivity index (χ3v) is 3.62. The molecule has 0 unspecified atom stereocenters. The highest BCUT2D eigenvalue weighted by atomic mass is 32.1. The molecule has 0 fully saturated rings. The van der Waals surface area contributed by atoms with Crippen LogP contribution in [0.2, 0.25) is 0 Å². The van der Waals surface area contributed by atoms with E-state index >= 15 is 0 Å². The summed E-state index contributed by atoms with van der Waals surface area (Å²) in [5, 5.41) is 8.74. The molecular weight excluding hydrogens is 266 g/mol. The number of nitrogens with zero attached hydrogens (tertiary/aromatic N) is 2. The number of rotatable bonds is 2. The van der Waals surface area contributed by atoms with Gasteiger partial charge < -0.3 is 0 Å². The van der Waals surface area contributed by atoms with Crippen molar-refractivity contribution in [1.29, 1.82) is 0 Å². The van der Waals surface area contributed by atoms with E-state index in [-0.39, 0.29) is 11.6 Å². The molecule has 1 aromatic heterocycles. The zero-order valence-electron chi connectivity index (χ0n) is 9.68. The van der Waals surface area contributed by atoms with Crippen LogP contribution in [0, 0.1) is 11.6 Å². The van der Waals surface area contributed by atoms with Crippen molar-refractivity contribution in [3.8, 4) is 21.1 Å². The van der Waals surface area contributed by atoms with E-state index < -0.39 is 0 Å². The summed E-state index contributed by atoms with van der Waals surface area (Å²) in [6.45, 7) is 0. The molecule has 3 rings (SSSR count). The Morgan fingerprint density at radius 2 is 1.11 bits per heavy atom. The van der Waals surface area contributed by atoms with Gasteiger partial charge in [-0.3, -0.25) is 0 Å². The highest BCUT2D eigenvalue weighted by molar-refractivity contribution is 7.17. The Balaban J connectivity index is 2.06. The van der Waals surface area contributed by atoms with E-state index in [1.165, 1.54) is 23.5 Å². The second kappa shape index (κ2) is 4.85. The fourth-order valence-electron chi connectivity index (χ4n) is 1.71. The van der Waals surface area contributed by atoms with Crippen LogP contribution in [0.25, 0.3) is 21.1 Å². The summed E-state index contributed by atoms with van der Waals surface area (Å²) in [7, 11) is 0. The molecule has 5 heteroatoms. The zero-order chi connectivity index (χ0) is 13.2. The van der Waals surface area contributed by atoms with Gasteiger partial charge in [0.05, 0.1) is 0 Å². The Hall–Kier alpha value is -2.14. The average Bonchev–Trinajstić information content (AvgIpc) is 2.89. The van der Waals surface area contributed by atoms with Crippen LogP contribution in [0.15, 0.2) is 48.5 Å². The van der Waals surface area contributed by atoms with Crippen LogP contribution in [0.1, 0.15) is 0 Å². The van der Waals surface area contributed by atoms with Gasteiger partial charge in [-0.1, -0.05) is 35.6 Å². The molecule has 1 heterocycles. The summed E-state index contributed by atoms with van der Waals surface area (Å²) in [4.78, 5) is 0. The quantitative estimate of drug-likeness (QED) is 0.701. The molecule has 0 aliphatic rings. The lowest BCUT2D eigenvalue weighted by molar-refractivity contribution is 0.630. The van der Waals surface area contributed by atoms with Crippen LogP contribution in [0.5, 0.6) is 0 Å². The largest absolute Gasteiger partial charge is 0.206 e. The van der Waals surface area contributed by atoms with E-state index in [0.717, 1.165) is 0 Å². The Morgan fingerprint density at radius 3 is 1.53 bits per heavy atom. The lowest BCUT2D eigenvalue weighted by Crippen LogP contribution is -1.82. The Labute approximate surface area is 112 Å². The van der Waals surface area contributed by atoms with Gasteiger partial charge in [-0.15, -0.1) is 10.2 Å². The molecule has 0 spiro atoms. The molecule has 0 radical (unpaired) electrons. The van der Waals surface area contributed by atoms with Gasteiger partial charge in [-0.2, -0.15) is 0 Å². The zero-order valence-corrected chi connectivity index (χ0v) is 10.5. The molecule has 0 saturated heterocycles. The minimum Gasteiger partial charge on any atom is -0.206 e. The monoisotopic (exact) mass is 274 g/mol. The fourth-order valence-corrected chi connectivity index (χ4v) is 2.61. The molecule has 2 nitrogen and oxygen atoms in total. The van der Waals surface area contributed by atoms with Crippen molar-refractivity contribution < 1.29 is 8.78 Å². The van der Waals surface area contributed by atoms with Gasteiger partial charge in [0.1, 0.15) is 11.6 Å². The van der Waals surface area contributed by atoms with Gasteiger partial charge in [0.15, 0.2) is 10.0 Å². The van der Waals surface area contributed by atoms with Gasteiger partial charge in [0.2, 0.25) is 0 Å². The molecule has 0 saturated carbocycles. The lowest BCUT2D eigenvalue weighted by atomic mass is 10.2. The highest BCUT2D eigenvalue weighted by Crippen LogP contribution is 2.32. The van der Waals surface area contributed by atoms with Gasteiger partial charge >= 0.3 is 0 Å². The van der Waals surface area contributed by atoms with E-state index in [9.17, 15) is 8.78 Å². The molecule has 0 N–H and O–H groups in total. The summed E-state index contributed by atoms with van der Waals surface area (Å²) in [5.74, 6) is -0.725. The van der Waals surface area contributed by atoms with Crippen LogP contribution < -0.4 is 0 Å². The van der Waals surface area contributed by atoms with E-state index in [1.807, 2.05) is 0 Å². The van der Waals surface area contributed by atoms with Crippen molar-refractivity contribution >= 4 is 11.3 Å². The smallest absolute Gasteiger partial charge is 0.151 e. The molecule has 19 heavy (non-hydrogen) atoms. The van der Waals surface area contributed by atoms with Gasteiger partial charge in [0, 0.05) is 11.1 Å². The van der Waals surface area contributed by atoms with Gasteiger partial charge in [0.25, 0.3) is 0 Å². The van der Waals surface area contributed by atoms with Crippen LogP contribution >= 0.6 is 11.3 Å². The number of benzene rings is 2. The first kappa shape index (κ1) is 11.9. The number of aromatic nitrogens is 2. The first-order chi connectivity index (χ1) is 9.25. The van der Waals surface area contributed by atoms with E-state index in [2.05, 4.69) is 10.2 Å². The minimum atomic E-state index is -0.362. The molecule has 94 valence electrons. The maximum Gasteiger partial charge on any atom is 0.151 e. The summed E-state index contributed by atoms with van der Waals surface area (Å²) in [6.07, 6.45) is 0. The molecule has 0 atom stereocenters. The van der Waals surface area contributed by atoms with Crippen LogP contribution in [-0.2, 0) is 0 Å². The van der Waals surface area contributed by atoms with E-state index in [0.29, 0.717) is 21.1 Å². The van der Waals surface area contributed by atoms with Crippen molar-refractivity contribution in [2.75, 3.05) is 0 Å². The van der Waals surface area contributed by atoms with Crippen LogP contribution in [-0.4, -0.2) is 10.2 Å². The topological polar surface area (TPSA) is 25.8 Å². The van der Waals surface area contributed by atoms with Crippen molar-refractivity contribution in [2.24, 2.45) is 0 Å².